The van der Waals surface area contributed by atoms with Crippen LogP contribution in [0.4, 0.5) is 0 Å². The minimum atomic E-state index is 0.407. The molecule has 2 rings (SSSR count). The molecule has 2 N–H and O–H groups in total. The van der Waals surface area contributed by atoms with Gasteiger partial charge in [-0.1, -0.05) is 13.3 Å². The lowest BCUT2D eigenvalue weighted by Crippen LogP contribution is -2.31. The molecule has 0 radical (unpaired) electrons. The molecule has 0 saturated heterocycles. The molecule has 0 aliphatic heterocycles. The van der Waals surface area contributed by atoms with Crippen LogP contribution in [0.3, 0.4) is 0 Å². The van der Waals surface area contributed by atoms with Gasteiger partial charge in [0.2, 0.25) is 0 Å². The summed E-state index contributed by atoms with van der Waals surface area (Å²) in [5, 5.41) is 4.47. The molecule has 1 aromatic heterocycles. The summed E-state index contributed by atoms with van der Waals surface area (Å²) in [6.45, 7) is 2.30. The van der Waals surface area contributed by atoms with Crippen molar-refractivity contribution in [1.29, 1.82) is 0 Å². The van der Waals surface area contributed by atoms with Gasteiger partial charge in [0.1, 0.15) is 0 Å². The Morgan fingerprint density at radius 1 is 1.47 bits per heavy atom. The number of nitrogens with two attached hydrogens (primary N) is 1. The molecule has 84 valence electrons. The first-order valence-electron chi connectivity index (χ1n) is 5.69. The first-order chi connectivity index (χ1) is 7.22. The third kappa shape index (κ3) is 2.45. The molecular weight excluding hydrogens is 270 g/mol. The molecule has 1 aliphatic rings. The van der Waals surface area contributed by atoms with Crippen LogP contribution in [0, 0.1) is 5.92 Å². The van der Waals surface area contributed by atoms with Gasteiger partial charge in [0, 0.05) is 15.9 Å². The third-order valence-corrected chi connectivity index (χ3v) is 5.35. The Hall–Kier alpha value is 0.140. The highest BCUT2D eigenvalue weighted by molar-refractivity contribution is 9.10. The van der Waals surface area contributed by atoms with Gasteiger partial charge < -0.3 is 5.73 Å². The normalized spacial score (nSPS) is 31.8. The van der Waals surface area contributed by atoms with Crippen molar-refractivity contribution in [3.8, 4) is 0 Å². The molecule has 1 aromatic rings. The smallest absolute Gasteiger partial charge is 0.0317 e. The van der Waals surface area contributed by atoms with Crippen molar-refractivity contribution in [2.75, 3.05) is 0 Å². The highest BCUT2D eigenvalue weighted by atomic mass is 79.9. The second kappa shape index (κ2) is 4.98. The predicted molar refractivity (Wildman–Crippen MR) is 70.4 cm³/mol. The monoisotopic (exact) mass is 287 g/mol. The summed E-state index contributed by atoms with van der Waals surface area (Å²) < 4.78 is 1.28. The minimum Gasteiger partial charge on any atom is -0.328 e. The SMILES string of the molecule is CCC1CCC(N)CC1c1cscc1Br. The van der Waals surface area contributed by atoms with E-state index < -0.39 is 0 Å². The summed E-state index contributed by atoms with van der Waals surface area (Å²) in [6.07, 6.45) is 4.94. The van der Waals surface area contributed by atoms with E-state index in [-0.39, 0.29) is 0 Å². The minimum absolute atomic E-state index is 0.407. The van der Waals surface area contributed by atoms with E-state index in [1.165, 1.54) is 29.3 Å². The Balaban J connectivity index is 2.20. The largest absolute Gasteiger partial charge is 0.328 e. The Morgan fingerprint density at radius 3 is 2.87 bits per heavy atom. The number of halogens is 1. The first kappa shape index (κ1) is 11.6. The zero-order valence-electron chi connectivity index (χ0n) is 9.08. The van der Waals surface area contributed by atoms with E-state index in [1.54, 1.807) is 11.3 Å². The van der Waals surface area contributed by atoms with Crippen LogP contribution in [0.15, 0.2) is 15.2 Å². The van der Waals surface area contributed by atoms with Crippen LogP contribution in [-0.4, -0.2) is 6.04 Å². The highest BCUT2D eigenvalue weighted by Crippen LogP contribution is 2.42. The summed E-state index contributed by atoms with van der Waals surface area (Å²) in [4.78, 5) is 0. The van der Waals surface area contributed by atoms with Crippen molar-refractivity contribution in [2.24, 2.45) is 11.7 Å². The third-order valence-electron chi connectivity index (χ3n) is 3.60. The van der Waals surface area contributed by atoms with Crippen LogP contribution in [0.5, 0.6) is 0 Å². The van der Waals surface area contributed by atoms with Gasteiger partial charge in [-0.05, 0) is 58.0 Å². The van der Waals surface area contributed by atoms with Crippen molar-refractivity contribution in [2.45, 2.75) is 44.6 Å². The summed E-state index contributed by atoms with van der Waals surface area (Å²) in [6, 6.07) is 0.407. The summed E-state index contributed by atoms with van der Waals surface area (Å²) in [7, 11) is 0. The Kier molecular flexibility index (Phi) is 3.86. The quantitative estimate of drug-likeness (QED) is 0.870. The topological polar surface area (TPSA) is 26.0 Å². The van der Waals surface area contributed by atoms with Crippen molar-refractivity contribution >= 4 is 27.3 Å². The van der Waals surface area contributed by atoms with Gasteiger partial charge >= 0.3 is 0 Å². The van der Waals surface area contributed by atoms with Crippen LogP contribution in [0.1, 0.15) is 44.1 Å². The van der Waals surface area contributed by atoms with E-state index >= 15 is 0 Å². The predicted octanol–water partition coefficient (Wildman–Crippen LogP) is 4.13. The first-order valence-corrected chi connectivity index (χ1v) is 7.43. The van der Waals surface area contributed by atoms with E-state index in [9.17, 15) is 0 Å². The number of hydrogen-bond acceptors (Lipinski definition) is 2. The van der Waals surface area contributed by atoms with Crippen LogP contribution in [0.2, 0.25) is 0 Å². The molecule has 0 aromatic carbocycles. The number of thiophene rings is 1. The van der Waals surface area contributed by atoms with Crippen molar-refractivity contribution in [1.82, 2.24) is 0 Å². The van der Waals surface area contributed by atoms with E-state index in [1.807, 2.05) is 0 Å². The van der Waals surface area contributed by atoms with E-state index in [0.717, 1.165) is 12.3 Å². The maximum atomic E-state index is 6.09. The zero-order chi connectivity index (χ0) is 10.8. The summed E-state index contributed by atoms with van der Waals surface area (Å²) >= 11 is 5.43. The molecule has 0 spiro atoms. The Morgan fingerprint density at radius 2 is 2.27 bits per heavy atom. The zero-order valence-corrected chi connectivity index (χ0v) is 11.5. The van der Waals surface area contributed by atoms with Gasteiger partial charge in [-0.25, -0.2) is 0 Å². The van der Waals surface area contributed by atoms with Crippen LogP contribution in [0.25, 0.3) is 0 Å². The lowest BCUT2D eigenvalue weighted by Gasteiger charge is -2.34. The lowest BCUT2D eigenvalue weighted by molar-refractivity contribution is 0.273. The standard InChI is InChI=1S/C12H18BrNS/c1-2-8-3-4-9(14)5-10(8)11-6-15-7-12(11)13/h6-10H,2-5,14H2,1H3. The molecule has 3 unspecified atom stereocenters. The molecule has 3 atom stereocenters. The molecule has 1 saturated carbocycles. The average Bonchev–Trinajstić information content (AvgIpc) is 2.64. The van der Waals surface area contributed by atoms with Crippen molar-refractivity contribution < 1.29 is 0 Å². The average molecular weight is 288 g/mol. The van der Waals surface area contributed by atoms with Gasteiger partial charge in [-0.2, -0.15) is 11.3 Å². The van der Waals surface area contributed by atoms with Crippen molar-refractivity contribution in [3.05, 3.63) is 20.8 Å². The van der Waals surface area contributed by atoms with Gasteiger partial charge in [0.25, 0.3) is 0 Å². The molecule has 1 aliphatic carbocycles. The molecule has 1 heterocycles. The van der Waals surface area contributed by atoms with Crippen LogP contribution < -0.4 is 5.73 Å². The second-order valence-electron chi connectivity index (χ2n) is 4.52. The fraction of sp³-hybridized carbons (Fsp3) is 0.667. The molecule has 3 heteroatoms. The molecule has 0 bridgehead atoms. The van der Waals surface area contributed by atoms with Gasteiger partial charge in [0.15, 0.2) is 0 Å². The van der Waals surface area contributed by atoms with Crippen LogP contribution >= 0.6 is 27.3 Å². The maximum absolute atomic E-state index is 6.09. The maximum Gasteiger partial charge on any atom is 0.0317 e. The van der Waals surface area contributed by atoms with E-state index in [0.29, 0.717) is 12.0 Å². The van der Waals surface area contributed by atoms with E-state index in [2.05, 4.69) is 33.6 Å². The summed E-state index contributed by atoms with van der Waals surface area (Å²) in [5.74, 6) is 1.51. The van der Waals surface area contributed by atoms with Gasteiger partial charge in [0.05, 0.1) is 0 Å². The molecule has 15 heavy (non-hydrogen) atoms. The molecular formula is C12H18BrNS. The Labute approximate surface area is 104 Å². The fourth-order valence-electron chi connectivity index (χ4n) is 2.69. The lowest BCUT2D eigenvalue weighted by atomic mass is 9.73. The Bertz CT molecular complexity index is 323. The molecule has 1 nitrogen and oxygen atoms in total. The van der Waals surface area contributed by atoms with E-state index in [4.69, 9.17) is 5.73 Å². The molecule has 1 fully saturated rings. The number of hydrogen-bond donors (Lipinski definition) is 1. The highest BCUT2D eigenvalue weighted by Gasteiger charge is 2.30. The summed E-state index contributed by atoms with van der Waals surface area (Å²) in [5.41, 5.74) is 7.57. The van der Waals surface area contributed by atoms with Crippen LogP contribution in [-0.2, 0) is 0 Å². The number of rotatable bonds is 2. The van der Waals surface area contributed by atoms with Gasteiger partial charge in [-0.15, -0.1) is 0 Å². The van der Waals surface area contributed by atoms with Crippen molar-refractivity contribution in [3.63, 3.8) is 0 Å². The second-order valence-corrected chi connectivity index (χ2v) is 6.12. The fourth-order valence-corrected chi connectivity index (χ4v) is 4.35. The van der Waals surface area contributed by atoms with Gasteiger partial charge in [-0.3, -0.25) is 0 Å². The molecule has 0 amide bonds.